The van der Waals surface area contributed by atoms with Gasteiger partial charge in [-0.15, -0.1) is 16.7 Å². The van der Waals surface area contributed by atoms with Crippen molar-refractivity contribution in [2.24, 2.45) is 0 Å². The summed E-state index contributed by atoms with van der Waals surface area (Å²) in [5, 5.41) is 8.25. The van der Waals surface area contributed by atoms with Crippen LogP contribution in [0.3, 0.4) is 0 Å². The van der Waals surface area contributed by atoms with Crippen LogP contribution in [0.5, 0.6) is 0 Å². The normalized spacial score (nSPS) is 11.0. The van der Waals surface area contributed by atoms with Crippen molar-refractivity contribution >= 4 is 38.6 Å². The predicted octanol–water partition coefficient (Wildman–Crippen LogP) is 3.32. The fraction of sp³-hybridized carbons (Fsp3) is 0.0833. The molecule has 0 saturated carbocycles. The maximum Gasteiger partial charge on any atom is 0.160 e. The number of fused-ring (bicyclic) bond motifs is 1. The quantitative estimate of drug-likeness (QED) is 0.680. The number of aromatic nitrogens is 4. The molecule has 3 aromatic rings. The summed E-state index contributed by atoms with van der Waals surface area (Å²) in [4.78, 5) is 4.37. The molecule has 0 aliphatic carbocycles. The minimum Gasteiger partial charge on any atom is -0.236 e. The fourth-order valence-corrected chi connectivity index (χ4v) is 2.36. The third kappa shape index (κ3) is 1.89. The highest BCUT2D eigenvalue weighted by atomic mass is 79.9. The maximum atomic E-state index is 5.95. The molecule has 2 aromatic heterocycles. The molecule has 6 heteroatoms. The van der Waals surface area contributed by atoms with Crippen molar-refractivity contribution in [1.82, 2.24) is 20.0 Å². The lowest BCUT2D eigenvalue weighted by Crippen LogP contribution is -2.03. The Morgan fingerprint density at radius 3 is 2.94 bits per heavy atom. The molecule has 0 N–H and O–H groups in total. The highest BCUT2D eigenvalue weighted by molar-refractivity contribution is 9.10. The van der Waals surface area contributed by atoms with Gasteiger partial charge in [0.15, 0.2) is 5.82 Å². The molecule has 18 heavy (non-hydrogen) atoms. The van der Waals surface area contributed by atoms with Crippen molar-refractivity contribution in [2.45, 2.75) is 5.88 Å². The Labute approximate surface area is 117 Å². The molecule has 0 amide bonds. The molecule has 2 heterocycles. The van der Waals surface area contributed by atoms with Crippen LogP contribution >= 0.6 is 27.5 Å². The van der Waals surface area contributed by atoms with E-state index in [2.05, 4.69) is 31.2 Å². The molecule has 4 nitrogen and oxygen atoms in total. The molecule has 0 aliphatic rings. The Morgan fingerprint density at radius 1 is 1.28 bits per heavy atom. The molecule has 0 spiro atoms. The van der Waals surface area contributed by atoms with Gasteiger partial charge in [-0.05, 0) is 34.1 Å². The summed E-state index contributed by atoms with van der Waals surface area (Å²) in [5.74, 6) is 1.08. The summed E-state index contributed by atoms with van der Waals surface area (Å²) >= 11 is 9.33. The molecule has 0 aliphatic heterocycles. The standard InChI is InChI=1S/C12H8BrClN4/c13-9-5-8(6-14)12(15-7-9)18-11-4-2-1-3-10(11)16-17-18/h1-5,7H,6H2. The van der Waals surface area contributed by atoms with Crippen LogP contribution < -0.4 is 0 Å². The first-order chi connectivity index (χ1) is 8.79. The maximum absolute atomic E-state index is 5.95. The molecule has 0 fully saturated rings. The Balaban J connectivity index is 2.26. The summed E-state index contributed by atoms with van der Waals surface area (Å²) in [7, 11) is 0. The van der Waals surface area contributed by atoms with Gasteiger partial charge in [-0.3, -0.25) is 0 Å². The third-order valence-electron chi connectivity index (χ3n) is 2.61. The topological polar surface area (TPSA) is 43.6 Å². The van der Waals surface area contributed by atoms with Crippen LogP contribution in [0.1, 0.15) is 5.56 Å². The van der Waals surface area contributed by atoms with Gasteiger partial charge in [-0.2, -0.15) is 4.68 Å². The van der Waals surface area contributed by atoms with Crippen LogP contribution in [-0.4, -0.2) is 20.0 Å². The summed E-state index contributed by atoms with van der Waals surface area (Å²) in [5.41, 5.74) is 2.66. The van der Waals surface area contributed by atoms with E-state index in [9.17, 15) is 0 Å². The average Bonchev–Trinajstić information content (AvgIpc) is 2.82. The Hall–Kier alpha value is -1.46. The highest BCUT2D eigenvalue weighted by Gasteiger charge is 2.11. The lowest BCUT2D eigenvalue weighted by atomic mass is 10.2. The largest absolute Gasteiger partial charge is 0.236 e. The number of benzene rings is 1. The van der Waals surface area contributed by atoms with Crippen molar-refractivity contribution in [3.8, 4) is 5.82 Å². The van der Waals surface area contributed by atoms with E-state index in [-0.39, 0.29) is 0 Å². The van der Waals surface area contributed by atoms with Gasteiger partial charge in [0, 0.05) is 16.2 Å². The molecule has 1 aromatic carbocycles. The number of hydrogen-bond acceptors (Lipinski definition) is 3. The zero-order chi connectivity index (χ0) is 12.5. The second-order valence-corrected chi connectivity index (χ2v) is 4.94. The van der Waals surface area contributed by atoms with Crippen LogP contribution in [0.15, 0.2) is 41.0 Å². The van der Waals surface area contributed by atoms with Crippen molar-refractivity contribution < 1.29 is 0 Å². The molecule has 0 bridgehead atoms. The summed E-state index contributed by atoms with van der Waals surface area (Å²) < 4.78 is 2.60. The first-order valence-corrected chi connectivity index (χ1v) is 6.63. The molecule has 0 radical (unpaired) electrons. The van der Waals surface area contributed by atoms with Gasteiger partial charge >= 0.3 is 0 Å². The van der Waals surface area contributed by atoms with E-state index in [1.165, 1.54) is 0 Å². The Morgan fingerprint density at radius 2 is 2.11 bits per heavy atom. The molecule has 0 saturated heterocycles. The molecular weight excluding hydrogens is 316 g/mol. The minimum atomic E-state index is 0.371. The zero-order valence-corrected chi connectivity index (χ0v) is 11.6. The first kappa shape index (κ1) is 11.6. The van der Waals surface area contributed by atoms with Crippen LogP contribution in [0.2, 0.25) is 0 Å². The Kier molecular flexibility index (Phi) is 3.01. The minimum absolute atomic E-state index is 0.371. The number of para-hydroxylation sites is 1. The second kappa shape index (κ2) is 4.66. The predicted molar refractivity (Wildman–Crippen MR) is 73.9 cm³/mol. The smallest absolute Gasteiger partial charge is 0.160 e. The average molecular weight is 324 g/mol. The lowest BCUT2D eigenvalue weighted by molar-refractivity contribution is 0.793. The van der Waals surface area contributed by atoms with Crippen molar-refractivity contribution in [1.29, 1.82) is 0 Å². The fourth-order valence-electron chi connectivity index (χ4n) is 1.79. The molecular formula is C12H8BrClN4. The van der Waals surface area contributed by atoms with Crippen LogP contribution in [0.25, 0.3) is 16.9 Å². The lowest BCUT2D eigenvalue weighted by Gasteiger charge is -2.06. The van der Waals surface area contributed by atoms with E-state index >= 15 is 0 Å². The summed E-state index contributed by atoms with van der Waals surface area (Å²) in [6.45, 7) is 0. The molecule has 3 rings (SSSR count). The van der Waals surface area contributed by atoms with Gasteiger partial charge in [0.2, 0.25) is 0 Å². The van der Waals surface area contributed by atoms with Crippen molar-refractivity contribution in [3.05, 3.63) is 46.6 Å². The van der Waals surface area contributed by atoms with Crippen LogP contribution in [0, 0.1) is 0 Å². The summed E-state index contributed by atoms with van der Waals surface area (Å²) in [6, 6.07) is 9.68. The van der Waals surface area contributed by atoms with E-state index in [0.717, 1.165) is 21.1 Å². The van der Waals surface area contributed by atoms with Gasteiger partial charge in [-0.25, -0.2) is 4.98 Å². The van der Waals surface area contributed by atoms with E-state index in [1.54, 1.807) is 10.9 Å². The Bertz CT molecular complexity index is 710. The molecule has 90 valence electrons. The van der Waals surface area contributed by atoms with Gasteiger partial charge in [0.05, 0.1) is 11.4 Å². The first-order valence-electron chi connectivity index (χ1n) is 5.31. The van der Waals surface area contributed by atoms with Gasteiger partial charge in [0.25, 0.3) is 0 Å². The summed E-state index contributed by atoms with van der Waals surface area (Å²) in [6.07, 6.45) is 1.72. The van der Waals surface area contributed by atoms with E-state index in [1.807, 2.05) is 30.3 Å². The van der Waals surface area contributed by atoms with Crippen molar-refractivity contribution in [2.75, 3.05) is 0 Å². The van der Waals surface area contributed by atoms with Gasteiger partial charge in [-0.1, -0.05) is 17.3 Å². The van der Waals surface area contributed by atoms with Crippen molar-refractivity contribution in [3.63, 3.8) is 0 Å². The van der Waals surface area contributed by atoms with Gasteiger partial charge in [0.1, 0.15) is 5.52 Å². The third-order valence-corrected chi connectivity index (χ3v) is 3.33. The van der Waals surface area contributed by atoms with E-state index in [4.69, 9.17) is 11.6 Å². The van der Waals surface area contributed by atoms with Crippen LogP contribution in [-0.2, 0) is 5.88 Å². The number of nitrogens with zero attached hydrogens (tertiary/aromatic N) is 4. The van der Waals surface area contributed by atoms with E-state index in [0.29, 0.717) is 11.7 Å². The monoisotopic (exact) mass is 322 g/mol. The number of rotatable bonds is 2. The molecule has 0 atom stereocenters. The highest BCUT2D eigenvalue weighted by Crippen LogP contribution is 2.21. The second-order valence-electron chi connectivity index (χ2n) is 3.76. The van der Waals surface area contributed by atoms with Crippen LogP contribution in [0.4, 0.5) is 0 Å². The number of pyridine rings is 1. The molecule has 0 unspecified atom stereocenters. The van der Waals surface area contributed by atoms with Gasteiger partial charge < -0.3 is 0 Å². The number of halogens is 2. The number of hydrogen-bond donors (Lipinski definition) is 0. The SMILES string of the molecule is ClCc1cc(Br)cnc1-n1nnc2ccccc21. The number of alkyl halides is 1. The van der Waals surface area contributed by atoms with E-state index < -0.39 is 0 Å². The zero-order valence-electron chi connectivity index (χ0n) is 9.22.